The van der Waals surface area contributed by atoms with Crippen LogP contribution in [0.3, 0.4) is 0 Å². The quantitative estimate of drug-likeness (QED) is 0.526. The van der Waals surface area contributed by atoms with E-state index in [0.29, 0.717) is 11.1 Å². The van der Waals surface area contributed by atoms with Gasteiger partial charge in [-0.3, -0.25) is 9.59 Å². The van der Waals surface area contributed by atoms with Crippen molar-refractivity contribution in [2.45, 2.75) is 0 Å². The van der Waals surface area contributed by atoms with Crippen molar-refractivity contribution in [3.05, 3.63) is 71.8 Å². The van der Waals surface area contributed by atoms with Gasteiger partial charge in [-0.05, 0) is 24.3 Å². The number of carbonyl (C=O) groups is 2. The molecule has 0 radical (unpaired) electrons. The Balaban J connectivity index is 2.36. The van der Waals surface area contributed by atoms with Crippen molar-refractivity contribution in [1.29, 1.82) is 0 Å². The highest BCUT2D eigenvalue weighted by molar-refractivity contribution is 8.11. The number of amides is 2. The Morgan fingerprint density at radius 3 is 1.45 bits per heavy atom. The molecule has 0 bridgehead atoms. The SMILES string of the molecule is O=C(c1ccccc1)N(C(=O)c1ccccc1)C(=S)S. The number of nitrogens with zero attached hydrogens (tertiary/aromatic N) is 1. The molecule has 2 amide bonds. The van der Waals surface area contributed by atoms with Crippen LogP contribution in [0.15, 0.2) is 60.7 Å². The van der Waals surface area contributed by atoms with Crippen LogP contribution in [-0.4, -0.2) is 21.0 Å². The summed E-state index contributed by atoms with van der Waals surface area (Å²) in [5, 5.41) is 0. The predicted molar refractivity (Wildman–Crippen MR) is 85.0 cm³/mol. The molecule has 0 heterocycles. The van der Waals surface area contributed by atoms with Crippen LogP contribution in [0.2, 0.25) is 0 Å². The van der Waals surface area contributed by atoms with Crippen LogP contribution in [-0.2, 0) is 0 Å². The van der Waals surface area contributed by atoms with Gasteiger partial charge >= 0.3 is 0 Å². The van der Waals surface area contributed by atoms with Gasteiger partial charge in [0.25, 0.3) is 11.8 Å². The monoisotopic (exact) mass is 301 g/mol. The fraction of sp³-hybridized carbons (Fsp3) is 0. The number of thiocarbonyl (C=S) groups is 1. The van der Waals surface area contributed by atoms with Gasteiger partial charge in [-0.25, -0.2) is 4.90 Å². The van der Waals surface area contributed by atoms with Gasteiger partial charge < -0.3 is 0 Å². The van der Waals surface area contributed by atoms with E-state index in [1.165, 1.54) is 0 Å². The zero-order chi connectivity index (χ0) is 14.5. The number of thiol groups is 1. The summed E-state index contributed by atoms with van der Waals surface area (Å²) in [4.78, 5) is 25.6. The number of imide groups is 1. The van der Waals surface area contributed by atoms with Crippen LogP contribution in [0.1, 0.15) is 20.7 Å². The Kier molecular flexibility index (Phi) is 4.65. The van der Waals surface area contributed by atoms with Crippen molar-refractivity contribution in [2.75, 3.05) is 0 Å². The number of hydrogen-bond acceptors (Lipinski definition) is 3. The van der Waals surface area contributed by atoms with E-state index < -0.39 is 11.8 Å². The zero-order valence-corrected chi connectivity index (χ0v) is 12.1. The molecule has 2 rings (SSSR count). The van der Waals surface area contributed by atoms with Crippen LogP contribution in [0, 0.1) is 0 Å². The third kappa shape index (κ3) is 3.12. The third-order valence-corrected chi connectivity index (χ3v) is 3.02. The van der Waals surface area contributed by atoms with Gasteiger partial charge in [0.15, 0.2) is 0 Å². The number of benzene rings is 2. The highest BCUT2D eigenvalue weighted by Crippen LogP contribution is 2.12. The van der Waals surface area contributed by atoms with E-state index in [4.69, 9.17) is 12.2 Å². The van der Waals surface area contributed by atoms with E-state index in [9.17, 15) is 9.59 Å². The molecule has 0 N–H and O–H groups in total. The maximum atomic E-state index is 12.4. The standard InChI is InChI=1S/C15H11NO2S2/c17-13(11-7-3-1-4-8-11)16(15(19)20)14(18)12-9-5-2-6-10-12/h1-10H,(H,19,20). The first-order valence-electron chi connectivity index (χ1n) is 5.83. The molecule has 0 saturated carbocycles. The van der Waals surface area contributed by atoms with Gasteiger partial charge in [0, 0.05) is 11.1 Å². The normalized spacial score (nSPS) is 9.85. The lowest BCUT2D eigenvalue weighted by molar-refractivity contribution is 0.0720. The number of rotatable bonds is 2. The summed E-state index contributed by atoms with van der Waals surface area (Å²) < 4.78 is -0.0762. The molecule has 0 aliphatic heterocycles. The third-order valence-electron chi connectivity index (χ3n) is 2.64. The lowest BCUT2D eigenvalue weighted by atomic mass is 10.1. The number of hydrogen-bond donors (Lipinski definition) is 1. The molecule has 20 heavy (non-hydrogen) atoms. The molecule has 100 valence electrons. The van der Waals surface area contributed by atoms with E-state index in [0.717, 1.165) is 4.90 Å². The molecule has 0 unspecified atom stereocenters. The molecule has 0 aliphatic rings. The summed E-state index contributed by atoms with van der Waals surface area (Å²) >= 11 is 8.91. The maximum absolute atomic E-state index is 12.4. The van der Waals surface area contributed by atoms with Gasteiger partial charge in [-0.15, -0.1) is 12.6 Å². The fourth-order valence-corrected chi connectivity index (χ4v) is 2.03. The van der Waals surface area contributed by atoms with Crippen molar-refractivity contribution in [1.82, 2.24) is 4.90 Å². The molecule has 0 aromatic heterocycles. The Hall–Kier alpha value is -1.98. The van der Waals surface area contributed by atoms with Crippen molar-refractivity contribution < 1.29 is 9.59 Å². The Labute approximate surface area is 127 Å². The highest BCUT2D eigenvalue weighted by Gasteiger charge is 2.26. The molecule has 0 saturated heterocycles. The average molecular weight is 301 g/mol. The molecule has 2 aromatic rings. The van der Waals surface area contributed by atoms with E-state index in [-0.39, 0.29) is 4.32 Å². The second-order valence-electron chi connectivity index (χ2n) is 3.96. The minimum Gasteiger partial charge on any atom is -0.268 e. The summed E-state index contributed by atoms with van der Waals surface area (Å²) in [7, 11) is 0. The van der Waals surface area contributed by atoms with Crippen LogP contribution in [0.5, 0.6) is 0 Å². The van der Waals surface area contributed by atoms with Crippen LogP contribution in [0.25, 0.3) is 0 Å². The Morgan fingerprint density at radius 1 is 0.800 bits per heavy atom. The number of carbonyl (C=O) groups excluding carboxylic acids is 2. The van der Waals surface area contributed by atoms with Gasteiger partial charge in [-0.1, -0.05) is 48.6 Å². The lowest BCUT2D eigenvalue weighted by Gasteiger charge is -2.18. The molecule has 0 aliphatic carbocycles. The van der Waals surface area contributed by atoms with Crippen molar-refractivity contribution in [3.8, 4) is 0 Å². The summed E-state index contributed by atoms with van der Waals surface area (Å²) in [5.74, 6) is -0.973. The predicted octanol–water partition coefficient (Wildman–Crippen LogP) is 3.18. The second kappa shape index (κ2) is 6.45. The minimum absolute atomic E-state index is 0.0762. The fourth-order valence-electron chi connectivity index (χ4n) is 1.69. The first-order chi connectivity index (χ1) is 9.61. The molecular weight excluding hydrogens is 290 g/mol. The van der Waals surface area contributed by atoms with Gasteiger partial charge in [-0.2, -0.15) is 0 Å². The molecule has 0 spiro atoms. The van der Waals surface area contributed by atoms with Gasteiger partial charge in [0.05, 0.1) is 0 Å². The molecular formula is C15H11NO2S2. The molecule has 0 atom stereocenters. The second-order valence-corrected chi connectivity index (χ2v) is 5.07. The summed E-state index contributed by atoms with van der Waals surface area (Å²) in [6.45, 7) is 0. The van der Waals surface area contributed by atoms with E-state index in [1.54, 1.807) is 60.7 Å². The van der Waals surface area contributed by atoms with Crippen LogP contribution in [0.4, 0.5) is 0 Å². The summed E-state index contributed by atoms with van der Waals surface area (Å²) in [6, 6.07) is 17.0. The first kappa shape index (κ1) is 14.4. The smallest absolute Gasteiger partial charge is 0.266 e. The van der Waals surface area contributed by atoms with Crippen molar-refractivity contribution in [3.63, 3.8) is 0 Å². The van der Waals surface area contributed by atoms with Crippen LogP contribution < -0.4 is 0 Å². The molecule has 0 fully saturated rings. The van der Waals surface area contributed by atoms with Crippen molar-refractivity contribution in [2.24, 2.45) is 0 Å². The summed E-state index contributed by atoms with van der Waals surface area (Å²) in [6.07, 6.45) is 0. The largest absolute Gasteiger partial charge is 0.268 e. The van der Waals surface area contributed by atoms with E-state index in [1.807, 2.05) is 0 Å². The Bertz CT molecular complexity index is 590. The average Bonchev–Trinajstić information content (AvgIpc) is 2.48. The van der Waals surface area contributed by atoms with Crippen molar-refractivity contribution >= 4 is 41.0 Å². The van der Waals surface area contributed by atoms with E-state index in [2.05, 4.69) is 12.6 Å². The lowest BCUT2D eigenvalue weighted by Crippen LogP contribution is -2.38. The molecule has 5 heteroatoms. The van der Waals surface area contributed by atoms with Gasteiger partial charge in [0.2, 0.25) is 0 Å². The Morgan fingerprint density at radius 2 is 1.15 bits per heavy atom. The maximum Gasteiger partial charge on any atom is 0.266 e. The zero-order valence-electron chi connectivity index (χ0n) is 10.4. The first-order valence-corrected chi connectivity index (χ1v) is 6.68. The minimum atomic E-state index is -0.487. The molecule has 2 aromatic carbocycles. The molecule has 3 nitrogen and oxygen atoms in total. The highest BCUT2D eigenvalue weighted by atomic mass is 32.1. The summed E-state index contributed by atoms with van der Waals surface area (Å²) in [5.41, 5.74) is 0.765. The van der Waals surface area contributed by atoms with E-state index >= 15 is 0 Å². The van der Waals surface area contributed by atoms with Gasteiger partial charge in [0.1, 0.15) is 4.32 Å². The topological polar surface area (TPSA) is 37.4 Å². The van der Waals surface area contributed by atoms with Crippen LogP contribution >= 0.6 is 24.8 Å².